The average Bonchev–Trinajstić information content (AvgIpc) is 2.83. The molecular formula is C19H28O. The van der Waals surface area contributed by atoms with Gasteiger partial charge in [-0.25, -0.2) is 0 Å². The standard InChI is InChI=1S/C19H28O/c1-2-3-4-5-6-7-8-16-13-17-14-9-11-15(12-10-14)18(17)19(16)20/h9,11,13-15,17-18H,2-8,10,12H2,1H3/t14-,15+,17+,18-/m1/s1. The number of carbonyl (C=O) groups is 1. The van der Waals surface area contributed by atoms with Crippen molar-refractivity contribution in [3.8, 4) is 0 Å². The van der Waals surface area contributed by atoms with Crippen molar-refractivity contribution in [2.24, 2.45) is 23.7 Å². The topological polar surface area (TPSA) is 17.1 Å². The van der Waals surface area contributed by atoms with Crippen LogP contribution in [0.1, 0.15) is 64.7 Å². The van der Waals surface area contributed by atoms with E-state index in [1.54, 1.807) is 0 Å². The van der Waals surface area contributed by atoms with Gasteiger partial charge in [-0.1, -0.05) is 57.3 Å². The molecule has 0 unspecified atom stereocenters. The van der Waals surface area contributed by atoms with Gasteiger partial charge < -0.3 is 0 Å². The zero-order valence-electron chi connectivity index (χ0n) is 12.8. The van der Waals surface area contributed by atoms with Crippen LogP contribution in [0.5, 0.6) is 0 Å². The van der Waals surface area contributed by atoms with Gasteiger partial charge in [-0.2, -0.15) is 0 Å². The van der Waals surface area contributed by atoms with Crippen molar-refractivity contribution >= 4 is 5.78 Å². The predicted octanol–water partition coefficient (Wildman–Crippen LogP) is 5.07. The van der Waals surface area contributed by atoms with E-state index in [1.807, 2.05) is 0 Å². The maximum atomic E-state index is 12.6. The number of rotatable bonds is 7. The van der Waals surface area contributed by atoms with Crippen LogP contribution in [0.3, 0.4) is 0 Å². The van der Waals surface area contributed by atoms with Gasteiger partial charge in [0.1, 0.15) is 0 Å². The second-order valence-electron chi connectivity index (χ2n) is 6.97. The largest absolute Gasteiger partial charge is 0.294 e. The maximum absolute atomic E-state index is 12.6. The van der Waals surface area contributed by atoms with Crippen molar-refractivity contribution in [3.63, 3.8) is 0 Å². The van der Waals surface area contributed by atoms with Gasteiger partial charge in [0.25, 0.3) is 0 Å². The molecule has 2 bridgehead atoms. The van der Waals surface area contributed by atoms with E-state index in [2.05, 4.69) is 25.2 Å². The summed E-state index contributed by atoms with van der Waals surface area (Å²) < 4.78 is 0. The van der Waals surface area contributed by atoms with Crippen molar-refractivity contribution in [3.05, 3.63) is 23.8 Å². The first-order valence-corrected chi connectivity index (χ1v) is 8.74. The minimum atomic E-state index is 0.328. The zero-order chi connectivity index (χ0) is 13.9. The lowest BCUT2D eigenvalue weighted by Gasteiger charge is -2.40. The van der Waals surface area contributed by atoms with Crippen LogP contribution in [-0.2, 0) is 4.79 Å². The Morgan fingerprint density at radius 1 is 1.00 bits per heavy atom. The van der Waals surface area contributed by atoms with Crippen LogP contribution in [0.15, 0.2) is 23.8 Å². The molecule has 1 heteroatoms. The van der Waals surface area contributed by atoms with Crippen molar-refractivity contribution in [1.82, 2.24) is 0 Å². The van der Waals surface area contributed by atoms with Gasteiger partial charge >= 0.3 is 0 Å². The fraction of sp³-hybridized carbons (Fsp3) is 0.737. The second-order valence-corrected chi connectivity index (χ2v) is 6.97. The van der Waals surface area contributed by atoms with Crippen LogP contribution in [0.25, 0.3) is 0 Å². The average molecular weight is 272 g/mol. The van der Waals surface area contributed by atoms with Gasteiger partial charge in [-0.15, -0.1) is 0 Å². The summed E-state index contributed by atoms with van der Waals surface area (Å²) in [6.45, 7) is 2.26. The molecular weight excluding hydrogens is 244 g/mol. The molecule has 0 amide bonds. The number of fused-ring (bicyclic) bond motifs is 1. The molecule has 4 aliphatic carbocycles. The van der Waals surface area contributed by atoms with Gasteiger partial charge in [-0.05, 0) is 49.0 Å². The highest BCUT2D eigenvalue weighted by Gasteiger charge is 2.47. The molecule has 0 heterocycles. The Hall–Kier alpha value is -0.850. The first-order valence-electron chi connectivity index (χ1n) is 8.74. The normalized spacial score (nSPS) is 34.5. The van der Waals surface area contributed by atoms with Gasteiger partial charge in [0, 0.05) is 5.92 Å². The summed E-state index contributed by atoms with van der Waals surface area (Å²) in [6, 6.07) is 0. The quantitative estimate of drug-likeness (QED) is 0.467. The molecule has 0 aromatic heterocycles. The Morgan fingerprint density at radius 3 is 2.40 bits per heavy atom. The summed E-state index contributed by atoms with van der Waals surface area (Å²) in [7, 11) is 0. The van der Waals surface area contributed by atoms with Crippen molar-refractivity contribution in [2.75, 3.05) is 0 Å². The number of ketones is 1. The van der Waals surface area contributed by atoms with E-state index in [1.165, 1.54) is 56.9 Å². The lowest BCUT2D eigenvalue weighted by atomic mass is 9.63. The number of hydrogen-bond acceptors (Lipinski definition) is 1. The predicted molar refractivity (Wildman–Crippen MR) is 83.4 cm³/mol. The highest BCUT2D eigenvalue weighted by molar-refractivity contribution is 6.00. The molecule has 0 spiro atoms. The monoisotopic (exact) mass is 272 g/mol. The molecule has 4 rings (SSSR count). The van der Waals surface area contributed by atoms with E-state index < -0.39 is 0 Å². The van der Waals surface area contributed by atoms with E-state index in [9.17, 15) is 4.79 Å². The van der Waals surface area contributed by atoms with Gasteiger partial charge in [0.2, 0.25) is 0 Å². The van der Waals surface area contributed by atoms with Crippen LogP contribution in [0.4, 0.5) is 0 Å². The third kappa shape index (κ3) is 2.64. The fourth-order valence-corrected chi connectivity index (χ4v) is 4.46. The summed E-state index contributed by atoms with van der Waals surface area (Å²) in [6.07, 6.45) is 18.5. The zero-order valence-corrected chi connectivity index (χ0v) is 12.8. The molecule has 4 aliphatic rings. The molecule has 1 nitrogen and oxygen atoms in total. The van der Waals surface area contributed by atoms with Gasteiger partial charge in [0.05, 0.1) is 0 Å². The van der Waals surface area contributed by atoms with Gasteiger partial charge in [-0.3, -0.25) is 4.79 Å². The molecule has 0 N–H and O–H groups in total. The molecule has 4 atom stereocenters. The van der Waals surface area contributed by atoms with Crippen molar-refractivity contribution in [1.29, 1.82) is 0 Å². The molecule has 110 valence electrons. The highest BCUT2D eigenvalue weighted by Crippen LogP contribution is 2.50. The van der Waals surface area contributed by atoms with Crippen molar-refractivity contribution in [2.45, 2.75) is 64.7 Å². The van der Waals surface area contributed by atoms with E-state index in [0.717, 1.165) is 6.42 Å². The van der Waals surface area contributed by atoms with Crippen LogP contribution < -0.4 is 0 Å². The molecule has 1 saturated carbocycles. The molecule has 0 radical (unpaired) electrons. The molecule has 0 aromatic rings. The first-order chi connectivity index (χ1) is 9.81. The van der Waals surface area contributed by atoms with Crippen LogP contribution in [0.2, 0.25) is 0 Å². The van der Waals surface area contributed by atoms with E-state index in [4.69, 9.17) is 0 Å². The second kappa shape index (κ2) is 6.28. The molecule has 20 heavy (non-hydrogen) atoms. The summed E-state index contributed by atoms with van der Waals surface area (Å²) in [5.74, 6) is 2.60. The third-order valence-corrected chi connectivity index (χ3v) is 5.62. The Balaban J connectivity index is 1.49. The number of carbonyl (C=O) groups excluding carboxylic acids is 1. The van der Waals surface area contributed by atoms with Gasteiger partial charge in [0.15, 0.2) is 5.78 Å². The number of allylic oxidation sites excluding steroid dienone is 4. The van der Waals surface area contributed by atoms with E-state index >= 15 is 0 Å². The fourth-order valence-electron chi connectivity index (χ4n) is 4.46. The Labute approximate surface area is 123 Å². The summed E-state index contributed by atoms with van der Waals surface area (Å²) in [5, 5.41) is 0. The van der Waals surface area contributed by atoms with E-state index in [-0.39, 0.29) is 0 Å². The third-order valence-electron chi connectivity index (χ3n) is 5.62. The lowest BCUT2D eigenvalue weighted by molar-refractivity contribution is -0.122. The summed E-state index contributed by atoms with van der Waals surface area (Å²) in [4.78, 5) is 12.6. The molecule has 0 saturated heterocycles. The van der Waals surface area contributed by atoms with Crippen LogP contribution >= 0.6 is 0 Å². The minimum Gasteiger partial charge on any atom is -0.294 e. The number of Topliss-reactive ketones (excluding diaryl/α,β-unsaturated/α-hetero) is 1. The first kappa shape index (κ1) is 14.1. The SMILES string of the molecule is CCCCCCCCC1=C[C@@H]2[C@H](C1=O)[C@H]1C=C[C@@H]2CC1. The summed E-state index contributed by atoms with van der Waals surface area (Å²) >= 11 is 0. The lowest BCUT2D eigenvalue weighted by Crippen LogP contribution is -2.37. The number of unbranched alkanes of at least 4 members (excludes halogenated alkanes) is 5. The van der Waals surface area contributed by atoms with Crippen molar-refractivity contribution < 1.29 is 4.79 Å². The maximum Gasteiger partial charge on any atom is 0.162 e. The van der Waals surface area contributed by atoms with Crippen LogP contribution in [0, 0.1) is 23.7 Å². The molecule has 1 fully saturated rings. The number of hydrogen-bond donors (Lipinski definition) is 0. The van der Waals surface area contributed by atoms with Crippen LogP contribution in [-0.4, -0.2) is 5.78 Å². The van der Waals surface area contributed by atoms with E-state index in [0.29, 0.717) is 29.5 Å². The minimum absolute atomic E-state index is 0.328. The molecule has 0 aromatic carbocycles. The highest BCUT2D eigenvalue weighted by atomic mass is 16.1. The Bertz CT molecular complexity index is 417. The Kier molecular flexibility index (Phi) is 4.43. The summed E-state index contributed by atoms with van der Waals surface area (Å²) in [5.41, 5.74) is 1.18. The molecule has 0 aliphatic heterocycles. The smallest absolute Gasteiger partial charge is 0.162 e. The Morgan fingerprint density at radius 2 is 1.70 bits per heavy atom.